The average Bonchev–Trinajstić information content (AvgIpc) is 3.11. The molecule has 7 heteroatoms. The van der Waals surface area contributed by atoms with Crippen molar-refractivity contribution in [3.8, 4) is 17.4 Å². The second-order valence-corrected chi connectivity index (χ2v) is 6.30. The molecule has 0 bridgehead atoms. The Kier molecular flexibility index (Phi) is 5.26. The van der Waals surface area contributed by atoms with Gasteiger partial charge in [0.2, 0.25) is 0 Å². The molecule has 0 saturated heterocycles. The summed E-state index contributed by atoms with van der Waals surface area (Å²) in [6.45, 7) is 0.971. The van der Waals surface area contributed by atoms with Gasteiger partial charge in [-0.1, -0.05) is 23.7 Å². The minimum Gasteiger partial charge on any atom is -0.457 e. The molecule has 1 aliphatic rings. The zero-order valence-corrected chi connectivity index (χ0v) is 15.2. The van der Waals surface area contributed by atoms with E-state index in [-0.39, 0.29) is 29.9 Å². The summed E-state index contributed by atoms with van der Waals surface area (Å²) < 4.78 is 5.77. The fourth-order valence-corrected chi connectivity index (χ4v) is 2.99. The van der Waals surface area contributed by atoms with Crippen LogP contribution in [0, 0.1) is 11.3 Å². The van der Waals surface area contributed by atoms with Gasteiger partial charge in [0.1, 0.15) is 23.2 Å². The van der Waals surface area contributed by atoms with Gasteiger partial charge in [-0.05, 0) is 42.8 Å². The van der Waals surface area contributed by atoms with Crippen molar-refractivity contribution in [2.75, 3.05) is 13.2 Å². The molecule has 0 unspecified atom stereocenters. The summed E-state index contributed by atoms with van der Waals surface area (Å²) in [6, 6.07) is 12.4. The number of hydrogen-bond acceptors (Lipinski definition) is 5. The highest BCUT2D eigenvalue weighted by Gasteiger charge is 2.35. The number of imide groups is 1. The molecule has 1 aliphatic heterocycles. The fourth-order valence-electron chi connectivity index (χ4n) is 2.80. The number of nitriles is 1. The van der Waals surface area contributed by atoms with Crippen LogP contribution in [0.3, 0.4) is 0 Å². The number of carbonyl (C=O) groups is 2. The largest absolute Gasteiger partial charge is 0.457 e. The van der Waals surface area contributed by atoms with E-state index < -0.39 is 11.8 Å². The summed E-state index contributed by atoms with van der Waals surface area (Å²) in [4.78, 5) is 25.7. The van der Waals surface area contributed by atoms with Gasteiger partial charge in [-0.15, -0.1) is 0 Å². The first-order chi connectivity index (χ1) is 13.0. The lowest BCUT2D eigenvalue weighted by Gasteiger charge is -2.26. The Balaban J connectivity index is 2.03. The van der Waals surface area contributed by atoms with Crippen LogP contribution >= 0.6 is 11.6 Å². The summed E-state index contributed by atoms with van der Waals surface area (Å²) in [5.74, 6) is -0.321. The van der Waals surface area contributed by atoms with E-state index in [1.54, 1.807) is 30.3 Å². The molecule has 1 aromatic carbocycles. The maximum absolute atomic E-state index is 12.6. The predicted octanol–water partition coefficient (Wildman–Crippen LogP) is 3.18. The van der Waals surface area contributed by atoms with Crippen LogP contribution < -0.4 is 0 Å². The average molecular weight is 383 g/mol. The molecule has 0 radical (unpaired) electrons. The van der Waals surface area contributed by atoms with Crippen LogP contribution in [0.25, 0.3) is 17.4 Å². The van der Waals surface area contributed by atoms with E-state index in [4.69, 9.17) is 21.1 Å². The second kappa shape index (κ2) is 7.62. The van der Waals surface area contributed by atoms with E-state index in [1.165, 1.54) is 13.0 Å². The summed E-state index contributed by atoms with van der Waals surface area (Å²) in [5, 5.41) is 19.0. The van der Waals surface area contributed by atoms with Crippen LogP contribution in [-0.2, 0) is 9.59 Å². The third kappa shape index (κ3) is 3.56. The number of furan rings is 1. The molecule has 0 fully saturated rings. The standard InChI is InChI=1S/C20H15ClN2O4/c1-12-16(19(25)23(7-8-24)20(26)17(12)11-22)10-15-5-6-18(27-15)13-3-2-4-14(21)9-13/h2-6,9-10,24H,7-8H2,1H3/b16-10+. The molecule has 2 amide bonds. The Morgan fingerprint density at radius 1 is 1.26 bits per heavy atom. The van der Waals surface area contributed by atoms with E-state index in [9.17, 15) is 14.9 Å². The van der Waals surface area contributed by atoms with Crippen molar-refractivity contribution in [1.29, 1.82) is 5.26 Å². The van der Waals surface area contributed by atoms with Crippen molar-refractivity contribution in [2.45, 2.75) is 6.92 Å². The van der Waals surface area contributed by atoms with Crippen molar-refractivity contribution >= 4 is 29.5 Å². The first-order valence-corrected chi connectivity index (χ1v) is 8.50. The number of nitrogens with zero attached hydrogens (tertiary/aromatic N) is 2. The lowest BCUT2D eigenvalue weighted by Crippen LogP contribution is -2.44. The molecule has 1 N–H and O–H groups in total. The third-order valence-electron chi connectivity index (χ3n) is 4.17. The van der Waals surface area contributed by atoms with Gasteiger partial charge in [-0.2, -0.15) is 5.26 Å². The van der Waals surface area contributed by atoms with E-state index in [1.807, 2.05) is 12.1 Å². The van der Waals surface area contributed by atoms with Gasteiger partial charge in [0, 0.05) is 16.2 Å². The number of β-amino-alcohol motifs (C(OH)–C–C–N with tert-alkyl or cyclic N) is 1. The Labute approximate surface area is 160 Å². The molecule has 1 aromatic heterocycles. The van der Waals surface area contributed by atoms with Crippen molar-refractivity contribution in [2.24, 2.45) is 0 Å². The normalized spacial score (nSPS) is 16.2. The molecule has 27 heavy (non-hydrogen) atoms. The van der Waals surface area contributed by atoms with Crippen LogP contribution in [-0.4, -0.2) is 35.0 Å². The Hall–Kier alpha value is -3.14. The maximum Gasteiger partial charge on any atom is 0.271 e. The van der Waals surface area contributed by atoms with Crippen LogP contribution in [0.15, 0.2) is 57.5 Å². The van der Waals surface area contributed by atoms with Crippen molar-refractivity contribution in [1.82, 2.24) is 4.90 Å². The minimum absolute atomic E-state index is 0.129. The zero-order valence-electron chi connectivity index (χ0n) is 14.4. The van der Waals surface area contributed by atoms with E-state index in [2.05, 4.69) is 0 Å². The quantitative estimate of drug-likeness (QED) is 0.647. The summed E-state index contributed by atoms with van der Waals surface area (Å²) >= 11 is 5.99. The first-order valence-electron chi connectivity index (χ1n) is 8.12. The topological polar surface area (TPSA) is 94.5 Å². The minimum atomic E-state index is -0.703. The van der Waals surface area contributed by atoms with Gasteiger partial charge in [0.15, 0.2) is 0 Å². The monoisotopic (exact) mass is 382 g/mol. The molecule has 0 atom stereocenters. The van der Waals surface area contributed by atoms with Crippen LogP contribution in [0.4, 0.5) is 0 Å². The third-order valence-corrected chi connectivity index (χ3v) is 4.41. The van der Waals surface area contributed by atoms with Crippen molar-refractivity contribution in [3.05, 3.63) is 63.9 Å². The molecular formula is C20H15ClN2O4. The molecule has 0 aliphatic carbocycles. The molecule has 0 saturated carbocycles. The SMILES string of the molecule is CC1=C(C#N)C(=O)N(CCO)C(=O)/C1=C/c1ccc(-c2cccc(Cl)c2)o1. The number of aliphatic hydroxyl groups excluding tert-OH is 1. The lowest BCUT2D eigenvalue weighted by molar-refractivity contribution is -0.140. The van der Waals surface area contributed by atoms with Crippen LogP contribution in [0.2, 0.25) is 5.02 Å². The number of benzene rings is 1. The van der Waals surface area contributed by atoms with E-state index in [0.717, 1.165) is 10.5 Å². The van der Waals surface area contributed by atoms with Crippen LogP contribution in [0.1, 0.15) is 12.7 Å². The second-order valence-electron chi connectivity index (χ2n) is 5.87. The number of carbonyl (C=O) groups excluding carboxylic acids is 2. The fraction of sp³-hybridized carbons (Fsp3) is 0.150. The summed E-state index contributed by atoms with van der Waals surface area (Å²) in [5.41, 5.74) is 1.11. The lowest BCUT2D eigenvalue weighted by atomic mass is 9.95. The van der Waals surface area contributed by atoms with Gasteiger partial charge < -0.3 is 9.52 Å². The Bertz CT molecular complexity index is 1030. The molecular weight excluding hydrogens is 368 g/mol. The summed E-state index contributed by atoms with van der Waals surface area (Å²) in [7, 11) is 0. The molecule has 0 spiro atoms. The van der Waals surface area contributed by atoms with E-state index >= 15 is 0 Å². The molecule has 2 aromatic rings. The van der Waals surface area contributed by atoms with Gasteiger partial charge >= 0.3 is 0 Å². The maximum atomic E-state index is 12.6. The molecule has 2 heterocycles. The predicted molar refractivity (Wildman–Crippen MR) is 99.2 cm³/mol. The molecule has 6 nitrogen and oxygen atoms in total. The molecule has 136 valence electrons. The van der Waals surface area contributed by atoms with Gasteiger partial charge in [-0.25, -0.2) is 0 Å². The number of amides is 2. The highest BCUT2D eigenvalue weighted by molar-refractivity contribution is 6.30. The van der Waals surface area contributed by atoms with Gasteiger partial charge in [0.05, 0.1) is 13.2 Å². The Morgan fingerprint density at radius 3 is 2.70 bits per heavy atom. The Morgan fingerprint density at radius 2 is 2.04 bits per heavy atom. The van der Waals surface area contributed by atoms with Crippen molar-refractivity contribution < 1.29 is 19.1 Å². The van der Waals surface area contributed by atoms with E-state index in [0.29, 0.717) is 16.5 Å². The highest BCUT2D eigenvalue weighted by Crippen LogP contribution is 2.29. The first kappa shape index (κ1) is 18.6. The summed E-state index contributed by atoms with van der Waals surface area (Å²) in [6.07, 6.45) is 1.49. The molecule has 3 rings (SSSR count). The van der Waals surface area contributed by atoms with Gasteiger partial charge in [0.25, 0.3) is 11.8 Å². The number of aliphatic hydroxyl groups is 1. The number of hydrogen-bond donors (Lipinski definition) is 1. The number of rotatable bonds is 4. The highest BCUT2D eigenvalue weighted by atomic mass is 35.5. The number of halogens is 1. The van der Waals surface area contributed by atoms with Crippen LogP contribution in [0.5, 0.6) is 0 Å². The van der Waals surface area contributed by atoms with Gasteiger partial charge in [-0.3, -0.25) is 14.5 Å². The smallest absolute Gasteiger partial charge is 0.271 e. The van der Waals surface area contributed by atoms with Crippen molar-refractivity contribution in [3.63, 3.8) is 0 Å². The zero-order chi connectivity index (χ0) is 19.6.